The zero-order valence-corrected chi connectivity index (χ0v) is 27.0. The molecule has 234 valence electrons. The predicted molar refractivity (Wildman–Crippen MR) is 178 cm³/mol. The second-order valence-corrected chi connectivity index (χ2v) is 14.8. The van der Waals surface area contributed by atoms with Crippen LogP contribution in [0.2, 0.25) is 0 Å². The van der Waals surface area contributed by atoms with Crippen LogP contribution in [0, 0.1) is 6.92 Å². The quantitative estimate of drug-likeness (QED) is 0.200. The van der Waals surface area contributed by atoms with Crippen molar-refractivity contribution >= 4 is 60.9 Å². The molecule has 1 aromatic carbocycles. The average Bonchev–Trinajstić information content (AvgIpc) is 3.77. The number of hydrogen-bond acceptors (Lipinski definition) is 14. The first-order valence-corrected chi connectivity index (χ1v) is 17.7. The van der Waals surface area contributed by atoms with Gasteiger partial charge in [0.15, 0.2) is 0 Å². The van der Waals surface area contributed by atoms with Gasteiger partial charge in [0.1, 0.15) is 10.5 Å². The maximum absolute atomic E-state index is 14.1. The molecule has 6 aromatic rings. The van der Waals surface area contributed by atoms with Crippen molar-refractivity contribution in [3.8, 4) is 11.3 Å². The minimum Gasteiger partial charge on any atom is -0.382 e. The lowest BCUT2D eigenvalue weighted by molar-refractivity contribution is 0.479. The van der Waals surface area contributed by atoms with Gasteiger partial charge in [-0.1, -0.05) is 0 Å². The molecule has 7 rings (SSSR count). The number of aromatic nitrogens is 7. The van der Waals surface area contributed by atoms with Crippen molar-refractivity contribution in [2.24, 2.45) is 0 Å². The van der Waals surface area contributed by atoms with E-state index in [1.54, 1.807) is 23.2 Å². The molecule has 0 amide bonds. The average molecular weight is 673 g/mol. The highest BCUT2D eigenvalue weighted by molar-refractivity contribution is 7.93. The predicted octanol–water partition coefficient (Wildman–Crippen LogP) is 4.26. The number of anilines is 3. The Morgan fingerprint density at radius 3 is 2.52 bits per heavy atom. The molecule has 0 unspecified atom stereocenters. The Bertz CT molecular complexity index is 2180. The third-order valence-electron chi connectivity index (χ3n) is 7.71. The van der Waals surface area contributed by atoms with Crippen molar-refractivity contribution in [1.29, 1.82) is 0 Å². The first-order valence-electron chi connectivity index (χ1n) is 14.5. The van der Waals surface area contributed by atoms with Crippen molar-refractivity contribution in [3.63, 3.8) is 0 Å². The highest BCUT2D eigenvalue weighted by Crippen LogP contribution is 2.28. The van der Waals surface area contributed by atoms with Crippen LogP contribution >= 0.6 is 22.7 Å². The molecule has 46 heavy (non-hydrogen) atoms. The summed E-state index contributed by atoms with van der Waals surface area (Å²) in [6.45, 7) is 3.76. The number of aryl methyl sites for hydroxylation is 1. The third kappa shape index (κ3) is 5.99. The van der Waals surface area contributed by atoms with Crippen molar-refractivity contribution < 1.29 is 8.42 Å². The van der Waals surface area contributed by atoms with Crippen molar-refractivity contribution in [1.82, 2.24) is 40.0 Å². The molecule has 0 atom stereocenters. The van der Waals surface area contributed by atoms with E-state index < -0.39 is 9.84 Å². The molecule has 0 bridgehead atoms. The summed E-state index contributed by atoms with van der Waals surface area (Å²) < 4.78 is 28.3. The van der Waals surface area contributed by atoms with E-state index in [1.807, 2.05) is 31.2 Å². The highest BCUT2D eigenvalue weighted by atomic mass is 32.2. The van der Waals surface area contributed by atoms with Gasteiger partial charge in [0.05, 0.1) is 35.7 Å². The molecular weight excluding hydrogens is 645 g/mol. The topological polar surface area (TPSA) is 170 Å². The molecule has 1 saturated heterocycles. The van der Waals surface area contributed by atoms with Gasteiger partial charge in [0.2, 0.25) is 20.1 Å². The van der Waals surface area contributed by atoms with Crippen LogP contribution in [0.5, 0.6) is 0 Å². The normalized spacial score (nSPS) is 14.0. The summed E-state index contributed by atoms with van der Waals surface area (Å²) in [6.07, 6.45) is 7.73. The minimum absolute atomic E-state index is 0.0726. The Kier molecular flexibility index (Phi) is 8.25. The van der Waals surface area contributed by atoms with Gasteiger partial charge >= 0.3 is 0 Å². The standard InChI is InChI=1S/C30H28N10O3S3/c1-18-26(34-17-45-18)24-12-19-13-33-29(38-22-4-2-21(3-5-22)37-23-6-8-31-9-7-23)39-27(19)40(28(24)41)16-20-14-35-36-15-25(20)46(42,43)30-32-10-11-44-30/h2-5,10-15,17,23,31,37H,6-9,16H2,1H3,(H,33,38,39). The van der Waals surface area contributed by atoms with Gasteiger partial charge in [-0.3, -0.25) is 9.36 Å². The number of benzene rings is 1. The lowest BCUT2D eigenvalue weighted by Crippen LogP contribution is -2.35. The molecule has 0 radical (unpaired) electrons. The van der Waals surface area contributed by atoms with Crippen LogP contribution in [-0.4, -0.2) is 62.2 Å². The van der Waals surface area contributed by atoms with E-state index in [1.165, 1.54) is 34.5 Å². The Labute approximate surface area is 271 Å². The van der Waals surface area contributed by atoms with Crippen molar-refractivity contribution in [2.75, 3.05) is 23.7 Å². The molecule has 13 nitrogen and oxygen atoms in total. The summed E-state index contributed by atoms with van der Waals surface area (Å²) in [5.74, 6) is 0.279. The van der Waals surface area contributed by atoms with Crippen molar-refractivity contribution in [2.45, 2.75) is 41.6 Å². The van der Waals surface area contributed by atoms with Crippen LogP contribution in [0.1, 0.15) is 23.3 Å². The lowest BCUT2D eigenvalue weighted by Gasteiger charge is -2.24. The number of pyridine rings is 1. The molecule has 1 aliphatic heterocycles. The fraction of sp³-hybridized carbons (Fsp3) is 0.233. The number of hydrogen-bond donors (Lipinski definition) is 3. The summed E-state index contributed by atoms with van der Waals surface area (Å²) >= 11 is 2.43. The molecule has 5 aromatic heterocycles. The Morgan fingerprint density at radius 2 is 1.78 bits per heavy atom. The minimum atomic E-state index is -4.01. The van der Waals surface area contributed by atoms with E-state index in [0.29, 0.717) is 28.3 Å². The summed E-state index contributed by atoms with van der Waals surface area (Å²) in [5.41, 5.74) is 4.60. The maximum Gasteiger partial charge on any atom is 0.262 e. The van der Waals surface area contributed by atoms with Crippen LogP contribution in [0.3, 0.4) is 0 Å². The largest absolute Gasteiger partial charge is 0.382 e. The van der Waals surface area contributed by atoms with Gasteiger partial charge in [-0.25, -0.2) is 23.4 Å². The molecule has 3 N–H and O–H groups in total. The van der Waals surface area contributed by atoms with Crippen LogP contribution in [0.15, 0.2) is 80.0 Å². The van der Waals surface area contributed by atoms with Crippen LogP contribution in [-0.2, 0) is 16.4 Å². The molecule has 16 heteroatoms. The van der Waals surface area contributed by atoms with Gasteiger partial charge in [0.25, 0.3) is 5.56 Å². The van der Waals surface area contributed by atoms with Gasteiger partial charge in [0, 0.05) is 51.0 Å². The zero-order valence-electron chi connectivity index (χ0n) is 24.5. The van der Waals surface area contributed by atoms with Crippen LogP contribution in [0.4, 0.5) is 17.3 Å². The molecule has 1 fully saturated rings. The highest BCUT2D eigenvalue weighted by Gasteiger charge is 2.26. The summed E-state index contributed by atoms with van der Waals surface area (Å²) in [5, 5.41) is 20.1. The second kappa shape index (κ2) is 12.6. The number of nitrogens with one attached hydrogen (secondary N) is 3. The lowest BCUT2D eigenvalue weighted by atomic mass is 10.1. The third-order valence-corrected chi connectivity index (χ3v) is 11.5. The molecule has 0 aliphatic carbocycles. The fourth-order valence-electron chi connectivity index (χ4n) is 5.38. The molecule has 0 spiro atoms. The molecule has 1 aliphatic rings. The summed E-state index contributed by atoms with van der Waals surface area (Å²) in [7, 11) is -4.01. The Hall–Kier alpha value is -4.64. The number of sulfone groups is 1. The molecule has 6 heterocycles. The number of thiazole rings is 2. The maximum atomic E-state index is 14.1. The Morgan fingerprint density at radius 1 is 1.00 bits per heavy atom. The number of nitrogens with zero attached hydrogens (tertiary/aromatic N) is 7. The van der Waals surface area contributed by atoms with Gasteiger partial charge < -0.3 is 16.0 Å². The van der Waals surface area contributed by atoms with Gasteiger partial charge in [-0.05, 0) is 63.2 Å². The van der Waals surface area contributed by atoms with E-state index in [-0.39, 0.29) is 32.9 Å². The zero-order chi connectivity index (χ0) is 31.7. The summed E-state index contributed by atoms with van der Waals surface area (Å²) in [6, 6.07) is 10.0. The first kappa shape index (κ1) is 30.0. The van der Waals surface area contributed by atoms with E-state index in [2.05, 4.69) is 41.1 Å². The SMILES string of the molecule is Cc1scnc1-c1cc2cnc(Nc3ccc(NC4CCNCC4)cc3)nc2n(Cc2cnncc2S(=O)(=O)c2nccs2)c1=O. The van der Waals surface area contributed by atoms with Crippen LogP contribution in [0.25, 0.3) is 22.3 Å². The van der Waals surface area contributed by atoms with Crippen molar-refractivity contribution in [3.05, 3.63) is 86.8 Å². The molecular formula is C30H28N10O3S3. The number of piperidine rings is 1. The first-order chi connectivity index (χ1) is 22.4. The van der Waals surface area contributed by atoms with E-state index in [9.17, 15) is 13.2 Å². The van der Waals surface area contributed by atoms with Gasteiger partial charge in [-0.15, -0.1) is 22.7 Å². The number of fused-ring (bicyclic) bond motifs is 1. The molecule has 0 saturated carbocycles. The smallest absolute Gasteiger partial charge is 0.262 e. The van der Waals surface area contributed by atoms with E-state index in [0.717, 1.165) is 53.5 Å². The van der Waals surface area contributed by atoms with Crippen LogP contribution < -0.4 is 21.5 Å². The Balaban J connectivity index is 1.27. The monoisotopic (exact) mass is 672 g/mol. The second-order valence-electron chi connectivity index (χ2n) is 10.7. The fourth-order valence-corrected chi connectivity index (χ4v) is 8.31. The van der Waals surface area contributed by atoms with Gasteiger partial charge in [-0.2, -0.15) is 15.2 Å². The van der Waals surface area contributed by atoms with E-state index >= 15 is 0 Å². The number of rotatable bonds is 9. The van der Waals surface area contributed by atoms with E-state index in [4.69, 9.17) is 4.98 Å². The summed E-state index contributed by atoms with van der Waals surface area (Å²) in [4.78, 5) is 32.6.